The Morgan fingerprint density at radius 1 is 1.43 bits per heavy atom. The van der Waals surface area contributed by atoms with E-state index >= 15 is 0 Å². The first kappa shape index (κ1) is 9.41. The van der Waals surface area contributed by atoms with Crippen molar-refractivity contribution in [1.29, 1.82) is 0 Å². The molecular weight excluding hydrogens is 201 g/mol. The van der Waals surface area contributed by atoms with Gasteiger partial charge in [-0.3, -0.25) is 0 Å². The number of benzene rings is 1. The van der Waals surface area contributed by atoms with E-state index in [2.05, 4.69) is 4.98 Å². The Balaban J connectivity index is 2.79. The molecule has 0 atom stereocenters. The summed E-state index contributed by atoms with van der Waals surface area (Å²) in [5.41, 5.74) is 1.29. The van der Waals surface area contributed by atoms with E-state index in [0.717, 1.165) is 17.4 Å². The number of hydrogen-bond acceptors (Lipinski definition) is 1. The summed E-state index contributed by atoms with van der Waals surface area (Å²) in [6.45, 7) is 1.99. The lowest BCUT2D eigenvalue weighted by Crippen LogP contribution is -1.90. The highest BCUT2D eigenvalue weighted by molar-refractivity contribution is 6.30. The van der Waals surface area contributed by atoms with Gasteiger partial charge < -0.3 is 0 Å². The van der Waals surface area contributed by atoms with Gasteiger partial charge in [-0.15, -0.1) is 0 Å². The molecule has 1 aromatic carbocycles. The van der Waals surface area contributed by atoms with Gasteiger partial charge in [0.05, 0.1) is 0 Å². The van der Waals surface area contributed by atoms with E-state index in [9.17, 15) is 4.39 Å². The van der Waals surface area contributed by atoms with Gasteiger partial charge in [0.1, 0.15) is 16.5 Å². The zero-order chi connectivity index (χ0) is 10.1. The zero-order valence-corrected chi connectivity index (χ0v) is 8.48. The first-order chi connectivity index (χ1) is 6.72. The summed E-state index contributed by atoms with van der Waals surface area (Å²) < 4.78 is 13.3. The molecule has 0 aliphatic rings. The van der Waals surface area contributed by atoms with Crippen molar-refractivity contribution in [2.24, 2.45) is 0 Å². The van der Waals surface area contributed by atoms with E-state index in [1.165, 1.54) is 6.07 Å². The van der Waals surface area contributed by atoms with E-state index in [4.69, 9.17) is 11.6 Å². The van der Waals surface area contributed by atoms with Crippen LogP contribution in [-0.2, 0) is 6.42 Å². The number of fused-ring (bicyclic) bond motifs is 1. The Labute approximate surface area is 86.5 Å². The largest absolute Gasteiger partial charge is 0.233 e. The summed E-state index contributed by atoms with van der Waals surface area (Å²) in [4.78, 5) is 4.04. The zero-order valence-electron chi connectivity index (χ0n) is 7.72. The SMILES string of the molecule is CCc1cc2cccc(F)c2nc1Cl. The highest BCUT2D eigenvalue weighted by atomic mass is 35.5. The molecule has 0 saturated heterocycles. The molecule has 2 rings (SSSR count). The minimum absolute atomic E-state index is 0.327. The van der Waals surface area contributed by atoms with Gasteiger partial charge in [0.25, 0.3) is 0 Å². The number of halogens is 2. The monoisotopic (exact) mass is 209 g/mol. The van der Waals surface area contributed by atoms with Gasteiger partial charge in [-0.1, -0.05) is 30.7 Å². The summed E-state index contributed by atoms with van der Waals surface area (Å²) in [5.74, 6) is -0.327. The van der Waals surface area contributed by atoms with Crippen LogP contribution in [0.2, 0.25) is 5.15 Å². The molecule has 0 aliphatic carbocycles. The molecule has 2 aromatic rings. The molecule has 0 spiro atoms. The van der Waals surface area contributed by atoms with Crippen molar-refractivity contribution in [3.05, 3.63) is 40.8 Å². The molecule has 0 aliphatic heterocycles. The third-order valence-corrected chi connectivity index (χ3v) is 2.53. The molecule has 1 heterocycles. The van der Waals surface area contributed by atoms with E-state index in [0.29, 0.717) is 10.7 Å². The second-order valence-corrected chi connectivity index (χ2v) is 3.46. The van der Waals surface area contributed by atoms with Crippen LogP contribution in [0.1, 0.15) is 12.5 Å². The topological polar surface area (TPSA) is 12.9 Å². The van der Waals surface area contributed by atoms with Crippen molar-refractivity contribution < 1.29 is 4.39 Å². The van der Waals surface area contributed by atoms with Crippen LogP contribution in [0.15, 0.2) is 24.3 Å². The Morgan fingerprint density at radius 2 is 2.21 bits per heavy atom. The third-order valence-electron chi connectivity index (χ3n) is 2.20. The van der Waals surface area contributed by atoms with Crippen LogP contribution in [-0.4, -0.2) is 4.98 Å². The second kappa shape index (κ2) is 3.54. The molecule has 0 amide bonds. The van der Waals surface area contributed by atoms with E-state index < -0.39 is 0 Å². The fourth-order valence-electron chi connectivity index (χ4n) is 1.43. The quantitative estimate of drug-likeness (QED) is 0.654. The minimum Gasteiger partial charge on any atom is -0.233 e. The molecule has 72 valence electrons. The van der Waals surface area contributed by atoms with Gasteiger partial charge in [0, 0.05) is 5.39 Å². The highest BCUT2D eigenvalue weighted by Gasteiger charge is 2.06. The molecule has 0 fully saturated rings. The maximum atomic E-state index is 13.3. The van der Waals surface area contributed by atoms with Crippen molar-refractivity contribution in [1.82, 2.24) is 4.98 Å². The van der Waals surface area contributed by atoms with Gasteiger partial charge in [-0.2, -0.15) is 0 Å². The van der Waals surface area contributed by atoms with Gasteiger partial charge >= 0.3 is 0 Å². The average molecular weight is 210 g/mol. The summed E-state index contributed by atoms with van der Waals surface area (Å²) >= 11 is 5.90. The number of rotatable bonds is 1. The molecule has 1 aromatic heterocycles. The Hall–Kier alpha value is -1.15. The maximum absolute atomic E-state index is 13.3. The molecule has 3 heteroatoms. The van der Waals surface area contributed by atoms with E-state index in [-0.39, 0.29) is 5.82 Å². The molecule has 0 N–H and O–H groups in total. The summed E-state index contributed by atoms with van der Waals surface area (Å²) in [5, 5.41) is 1.19. The van der Waals surface area contributed by atoms with Crippen molar-refractivity contribution in [2.45, 2.75) is 13.3 Å². The average Bonchev–Trinajstić information content (AvgIpc) is 2.19. The van der Waals surface area contributed by atoms with Gasteiger partial charge in [-0.25, -0.2) is 9.37 Å². The first-order valence-corrected chi connectivity index (χ1v) is 4.84. The molecule has 0 unspecified atom stereocenters. The van der Waals surface area contributed by atoms with Crippen LogP contribution >= 0.6 is 11.6 Å². The van der Waals surface area contributed by atoms with E-state index in [1.54, 1.807) is 6.07 Å². The molecule has 0 radical (unpaired) electrons. The minimum atomic E-state index is -0.327. The lowest BCUT2D eigenvalue weighted by Gasteiger charge is -2.03. The van der Waals surface area contributed by atoms with E-state index in [1.807, 2.05) is 19.1 Å². The van der Waals surface area contributed by atoms with Crippen molar-refractivity contribution in [3.8, 4) is 0 Å². The molecule has 0 saturated carbocycles. The number of nitrogens with zero attached hydrogens (tertiary/aromatic N) is 1. The van der Waals surface area contributed by atoms with Crippen LogP contribution in [0.25, 0.3) is 10.9 Å². The van der Waals surface area contributed by atoms with Crippen LogP contribution in [0.5, 0.6) is 0 Å². The first-order valence-electron chi connectivity index (χ1n) is 4.46. The number of aryl methyl sites for hydroxylation is 1. The maximum Gasteiger partial charge on any atom is 0.149 e. The Morgan fingerprint density at radius 3 is 2.93 bits per heavy atom. The van der Waals surface area contributed by atoms with Gasteiger partial charge in [0.15, 0.2) is 0 Å². The van der Waals surface area contributed by atoms with Crippen LogP contribution in [0, 0.1) is 5.82 Å². The number of pyridine rings is 1. The molecule has 14 heavy (non-hydrogen) atoms. The standard InChI is InChI=1S/C11H9ClFN/c1-2-7-6-8-4-3-5-9(13)10(8)14-11(7)12/h3-6H,2H2,1H3. The van der Waals surface area contributed by atoms with Crippen LogP contribution in [0.3, 0.4) is 0 Å². The number of hydrogen-bond donors (Lipinski definition) is 0. The summed E-state index contributed by atoms with van der Waals surface area (Å²) in [6, 6.07) is 6.78. The lowest BCUT2D eigenvalue weighted by molar-refractivity contribution is 0.637. The fraction of sp³-hybridized carbons (Fsp3) is 0.182. The number of para-hydroxylation sites is 1. The third kappa shape index (κ3) is 1.46. The van der Waals surface area contributed by atoms with Crippen molar-refractivity contribution >= 4 is 22.5 Å². The number of aromatic nitrogens is 1. The molecular formula is C11H9ClFN. The molecule has 0 bridgehead atoms. The van der Waals surface area contributed by atoms with Crippen molar-refractivity contribution in [3.63, 3.8) is 0 Å². The highest BCUT2D eigenvalue weighted by Crippen LogP contribution is 2.22. The summed E-state index contributed by atoms with van der Waals surface area (Å²) in [7, 11) is 0. The summed E-state index contributed by atoms with van der Waals surface area (Å²) in [6.07, 6.45) is 0.804. The normalized spacial score (nSPS) is 10.8. The fourth-order valence-corrected chi connectivity index (χ4v) is 1.70. The van der Waals surface area contributed by atoms with Crippen LogP contribution in [0.4, 0.5) is 4.39 Å². The molecule has 1 nitrogen and oxygen atoms in total. The Kier molecular flexibility index (Phi) is 2.38. The second-order valence-electron chi connectivity index (χ2n) is 3.10. The van der Waals surface area contributed by atoms with Crippen molar-refractivity contribution in [2.75, 3.05) is 0 Å². The predicted molar refractivity (Wildman–Crippen MR) is 56.1 cm³/mol. The van der Waals surface area contributed by atoms with Crippen LogP contribution < -0.4 is 0 Å². The van der Waals surface area contributed by atoms with Gasteiger partial charge in [-0.05, 0) is 24.1 Å². The predicted octanol–water partition coefficient (Wildman–Crippen LogP) is 3.59. The smallest absolute Gasteiger partial charge is 0.149 e. The Bertz CT molecular complexity index is 482. The van der Waals surface area contributed by atoms with Gasteiger partial charge in [0.2, 0.25) is 0 Å². The lowest BCUT2D eigenvalue weighted by atomic mass is 10.1.